The maximum atomic E-state index is 13.2. The van der Waals surface area contributed by atoms with E-state index in [-0.39, 0.29) is 19.6 Å². The first-order valence-corrected chi connectivity index (χ1v) is 12.1. The monoisotopic (exact) mass is 483 g/mol. The molecule has 0 aliphatic carbocycles. The molecule has 2 aromatic rings. The quantitative estimate of drug-likeness (QED) is 0.635. The van der Waals surface area contributed by atoms with Gasteiger partial charge in [-0.2, -0.15) is 0 Å². The molecule has 3 rings (SSSR count). The van der Waals surface area contributed by atoms with E-state index < -0.39 is 22.2 Å². The molecule has 176 valence electrons. The van der Waals surface area contributed by atoms with Gasteiger partial charge >= 0.3 is 6.09 Å². The first kappa shape index (κ1) is 23.9. The second-order valence-corrected chi connectivity index (χ2v) is 9.99. The van der Waals surface area contributed by atoms with Crippen LogP contribution in [0.15, 0.2) is 47.4 Å². The first-order chi connectivity index (χ1) is 15.1. The van der Waals surface area contributed by atoms with Crippen molar-refractivity contribution < 1.29 is 25.6 Å². The van der Waals surface area contributed by atoms with Gasteiger partial charge in [0.1, 0.15) is 6.04 Å². The molecule has 0 unspecified atom stereocenters. The van der Waals surface area contributed by atoms with Crippen molar-refractivity contribution in [3.05, 3.63) is 53.1 Å². The highest BCUT2D eigenvalue weighted by Crippen LogP contribution is 2.33. The van der Waals surface area contributed by atoms with E-state index in [1.54, 1.807) is 4.72 Å². The van der Waals surface area contributed by atoms with Crippen molar-refractivity contribution >= 4 is 45.0 Å². The van der Waals surface area contributed by atoms with Crippen LogP contribution in [0.4, 0.5) is 16.2 Å². The number of benzene rings is 2. The smallest absolute Gasteiger partial charge is 0.420 e. The van der Waals surface area contributed by atoms with E-state index in [0.717, 1.165) is 37.7 Å². The summed E-state index contributed by atoms with van der Waals surface area (Å²) in [5.41, 5.74) is 2.57. The Morgan fingerprint density at radius 1 is 1.16 bits per heavy atom. The maximum Gasteiger partial charge on any atom is 0.420 e. The van der Waals surface area contributed by atoms with Gasteiger partial charge in [-0.25, -0.2) is 17.9 Å². The Kier molecular flexibility index (Phi) is 7.30. The summed E-state index contributed by atoms with van der Waals surface area (Å²) < 4.78 is 30.4. The molecule has 0 bridgehead atoms. The lowest BCUT2D eigenvalue weighted by Gasteiger charge is -2.39. The van der Waals surface area contributed by atoms with Crippen molar-refractivity contribution in [2.24, 2.45) is 5.92 Å². The van der Waals surface area contributed by atoms with Crippen molar-refractivity contribution in [3.8, 4) is 0 Å². The number of hydrogen-bond donors (Lipinski definition) is 2. The number of carbonyl (C=O) groups is 2. The Balaban J connectivity index is 0.00000289. The number of nitrogens with zero attached hydrogens (tertiary/aromatic N) is 1. The van der Waals surface area contributed by atoms with Gasteiger partial charge in [0, 0.05) is 25.8 Å². The van der Waals surface area contributed by atoms with Crippen LogP contribution in [0.5, 0.6) is 0 Å². The second kappa shape index (κ2) is 9.79. The van der Waals surface area contributed by atoms with Crippen LogP contribution in [-0.4, -0.2) is 40.1 Å². The van der Waals surface area contributed by atoms with E-state index in [4.69, 9.17) is 11.6 Å². The number of ether oxygens (including phenoxy) is 1. The minimum atomic E-state index is -4.06. The van der Waals surface area contributed by atoms with Crippen LogP contribution in [0.25, 0.3) is 0 Å². The Labute approximate surface area is 195 Å². The van der Waals surface area contributed by atoms with Crippen molar-refractivity contribution in [3.63, 3.8) is 0 Å². The van der Waals surface area contributed by atoms with Gasteiger partial charge in [0.05, 0.1) is 12.0 Å². The predicted molar refractivity (Wildman–Crippen MR) is 128 cm³/mol. The summed E-state index contributed by atoms with van der Waals surface area (Å²) >= 11 is 6.15. The van der Waals surface area contributed by atoms with Crippen LogP contribution in [0.3, 0.4) is 0 Å². The highest BCUT2D eigenvalue weighted by atomic mass is 35.5. The van der Waals surface area contributed by atoms with Crippen LogP contribution >= 0.6 is 11.6 Å². The van der Waals surface area contributed by atoms with Gasteiger partial charge in [-0.05, 0) is 66.8 Å². The van der Waals surface area contributed by atoms with Crippen LogP contribution in [0.2, 0.25) is 5.02 Å². The number of rotatable bonds is 6. The Bertz CT molecular complexity index is 1110. The number of amides is 2. The third-order valence-corrected chi connectivity index (χ3v) is 6.83. The van der Waals surface area contributed by atoms with Crippen LogP contribution < -0.4 is 14.9 Å². The molecule has 2 amide bonds. The van der Waals surface area contributed by atoms with Crippen molar-refractivity contribution in [2.75, 3.05) is 23.9 Å². The number of fused-ring (bicyclic) bond motifs is 1. The number of aryl methyl sites for hydroxylation is 1. The SMILES string of the molecule is COC(=O)NS(=O)(=O)c1ccc(NC(=O)[C@@H](C(C)C)N2CCCc3cc(Cl)ccc32)cc1.[HH].[HH]. The molecule has 0 spiro atoms. The molecule has 0 aromatic heterocycles. The zero-order chi connectivity index (χ0) is 23.5. The average Bonchev–Trinajstić information content (AvgIpc) is 2.73. The van der Waals surface area contributed by atoms with Gasteiger partial charge in [-0.15, -0.1) is 0 Å². The molecule has 2 aromatic carbocycles. The summed E-state index contributed by atoms with van der Waals surface area (Å²) in [5, 5.41) is 3.55. The van der Waals surface area contributed by atoms with Crippen molar-refractivity contribution in [1.82, 2.24) is 4.72 Å². The molecule has 0 saturated heterocycles. The normalized spacial score (nSPS) is 14.5. The molecule has 0 fully saturated rings. The Morgan fingerprint density at radius 2 is 1.84 bits per heavy atom. The highest BCUT2D eigenvalue weighted by Gasteiger charge is 2.32. The van der Waals surface area contributed by atoms with Gasteiger partial charge in [0.2, 0.25) is 5.91 Å². The molecule has 0 radical (unpaired) electrons. The van der Waals surface area contributed by atoms with Gasteiger partial charge < -0.3 is 15.0 Å². The molecule has 1 heterocycles. The number of nitrogens with one attached hydrogen (secondary N) is 2. The summed E-state index contributed by atoms with van der Waals surface area (Å²) in [6.45, 7) is 4.73. The third-order valence-electron chi connectivity index (χ3n) is 5.27. The fraction of sp³-hybridized carbons (Fsp3) is 0.364. The number of anilines is 2. The summed E-state index contributed by atoms with van der Waals surface area (Å²) in [6.07, 6.45) is 0.753. The number of carbonyl (C=O) groups excluding carboxylic acids is 2. The summed E-state index contributed by atoms with van der Waals surface area (Å²) in [7, 11) is -2.98. The highest BCUT2D eigenvalue weighted by molar-refractivity contribution is 7.90. The van der Waals surface area contributed by atoms with E-state index in [2.05, 4.69) is 15.0 Å². The van der Waals surface area contributed by atoms with Crippen LogP contribution in [0.1, 0.15) is 28.7 Å². The average molecular weight is 484 g/mol. The number of sulfonamides is 1. The number of hydrogen-bond acceptors (Lipinski definition) is 6. The molecule has 1 aliphatic rings. The van der Waals surface area contributed by atoms with E-state index >= 15 is 0 Å². The molecular formula is C22H30ClN3O5S. The van der Waals surface area contributed by atoms with E-state index in [1.165, 1.54) is 24.3 Å². The second-order valence-electron chi connectivity index (χ2n) is 7.87. The number of halogens is 1. The van der Waals surface area contributed by atoms with E-state index in [9.17, 15) is 18.0 Å². The lowest BCUT2D eigenvalue weighted by molar-refractivity contribution is -0.118. The zero-order valence-electron chi connectivity index (χ0n) is 18.1. The number of methoxy groups -OCH3 is 1. The largest absolute Gasteiger partial charge is 0.452 e. The van der Waals surface area contributed by atoms with E-state index in [0.29, 0.717) is 10.7 Å². The van der Waals surface area contributed by atoms with E-state index in [1.807, 2.05) is 32.0 Å². The minimum Gasteiger partial charge on any atom is -0.452 e. The summed E-state index contributed by atoms with van der Waals surface area (Å²) in [4.78, 5) is 26.4. The van der Waals surface area contributed by atoms with Crippen molar-refractivity contribution in [2.45, 2.75) is 37.6 Å². The lowest BCUT2D eigenvalue weighted by Crippen LogP contribution is -2.49. The molecular weight excluding hydrogens is 454 g/mol. The molecule has 0 saturated carbocycles. The Hall–Kier alpha value is -2.78. The first-order valence-electron chi connectivity index (χ1n) is 10.2. The predicted octanol–water partition coefficient (Wildman–Crippen LogP) is 4.29. The molecule has 1 aliphatic heterocycles. The van der Waals surface area contributed by atoms with Gasteiger partial charge in [0.25, 0.3) is 10.0 Å². The molecule has 2 N–H and O–H groups in total. The van der Waals surface area contributed by atoms with Gasteiger partial charge in [-0.1, -0.05) is 25.4 Å². The molecule has 10 heteroatoms. The fourth-order valence-corrected chi connectivity index (χ4v) is 4.94. The minimum absolute atomic E-state index is 0. The van der Waals surface area contributed by atoms with Crippen LogP contribution in [0, 0.1) is 5.92 Å². The standard InChI is InChI=1S/C22H26ClN3O5S.2H2/c1-14(2)20(26-12-4-5-15-13-16(23)6-11-19(15)26)21(27)24-17-7-9-18(10-8-17)32(29,30)25-22(28)31-3;;/h6-11,13-14,20H,4-5,12H2,1-3H3,(H,24,27)(H,25,28);2*1H/t20-;;/m1../s1. The summed E-state index contributed by atoms with van der Waals surface area (Å²) in [5.74, 6) is -0.161. The summed E-state index contributed by atoms with van der Waals surface area (Å²) in [6, 6.07) is 10.9. The third kappa shape index (κ3) is 5.34. The topological polar surface area (TPSA) is 105 Å². The van der Waals surface area contributed by atoms with Gasteiger partial charge in [0.15, 0.2) is 0 Å². The van der Waals surface area contributed by atoms with Crippen LogP contribution in [-0.2, 0) is 26.0 Å². The Morgan fingerprint density at radius 3 is 2.47 bits per heavy atom. The lowest BCUT2D eigenvalue weighted by atomic mass is 9.95. The molecule has 32 heavy (non-hydrogen) atoms. The fourth-order valence-electron chi connectivity index (χ4n) is 3.83. The molecule has 8 nitrogen and oxygen atoms in total. The van der Waals surface area contributed by atoms with Crippen molar-refractivity contribution in [1.29, 1.82) is 0 Å². The maximum absolute atomic E-state index is 13.2. The molecule has 1 atom stereocenters. The zero-order valence-corrected chi connectivity index (χ0v) is 19.7. The van der Waals surface area contributed by atoms with Gasteiger partial charge in [-0.3, -0.25) is 4.79 Å².